The molecule has 1 aliphatic heterocycles. The lowest BCUT2D eigenvalue weighted by Gasteiger charge is -2.34. The first-order valence-corrected chi connectivity index (χ1v) is 14.6. The van der Waals surface area contributed by atoms with E-state index in [9.17, 15) is 13.2 Å². The van der Waals surface area contributed by atoms with Crippen LogP contribution in [0.25, 0.3) is 5.82 Å². The molecular formula is C28H35N5O5S. The van der Waals surface area contributed by atoms with Crippen molar-refractivity contribution < 1.29 is 22.7 Å². The Balaban J connectivity index is 1.47. The van der Waals surface area contributed by atoms with E-state index in [1.165, 1.54) is 19.2 Å². The smallest absolute Gasteiger partial charge is 0.268 e. The highest BCUT2D eigenvalue weighted by Crippen LogP contribution is 2.45. The molecule has 5 rings (SSSR count). The van der Waals surface area contributed by atoms with Crippen molar-refractivity contribution in [1.82, 2.24) is 19.5 Å². The molecule has 11 heteroatoms. The van der Waals surface area contributed by atoms with Gasteiger partial charge in [0, 0.05) is 35.8 Å². The quantitative estimate of drug-likeness (QED) is 0.419. The number of aromatic nitrogens is 3. The van der Waals surface area contributed by atoms with Crippen LogP contribution in [0.3, 0.4) is 0 Å². The zero-order valence-corrected chi connectivity index (χ0v) is 23.8. The summed E-state index contributed by atoms with van der Waals surface area (Å²) in [6.07, 6.45) is 4.97. The van der Waals surface area contributed by atoms with Gasteiger partial charge in [0.2, 0.25) is 5.88 Å². The fraction of sp³-hybridized carbons (Fsp3) is 0.464. The summed E-state index contributed by atoms with van der Waals surface area (Å²) >= 11 is 0. The Morgan fingerprint density at radius 3 is 2.59 bits per heavy atom. The zero-order valence-electron chi connectivity index (χ0n) is 23.0. The minimum Gasteiger partial charge on any atom is -0.497 e. The van der Waals surface area contributed by atoms with E-state index in [1.807, 2.05) is 0 Å². The van der Waals surface area contributed by atoms with E-state index in [0.717, 1.165) is 19.3 Å². The number of hydrogen-bond acceptors (Lipinski definition) is 8. The Hall–Kier alpha value is -3.60. The Bertz CT molecular complexity index is 1500. The summed E-state index contributed by atoms with van der Waals surface area (Å²) < 4.78 is 41.0. The molecular weight excluding hydrogens is 518 g/mol. The average molecular weight is 554 g/mol. The van der Waals surface area contributed by atoms with Crippen LogP contribution >= 0.6 is 0 Å². The summed E-state index contributed by atoms with van der Waals surface area (Å²) in [6, 6.07) is 11.0. The van der Waals surface area contributed by atoms with Gasteiger partial charge in [-0.05, 0) is 63.3 Å². The number of nitrogens with one attached hydrogen (secondary N) is 1. The molecule has 1 atom stereocenters. The molecule has 2 aromatic heterocycles. The Kier molecular flexibility index (Phi) is 6.82. The van der Waals surface area contributed by atoms with E-state index in [1.54, 1.807) is 41.2 Å². The summed E-state index contributed by atoms with van der Waals surface area (Å²) in [6.45, 7) is 9.82. The molecule has 3 heterocycles. The van der Waals surface area contributed by atoms with E-state index in [-0.39, 0.29) is 21.4 Å². The van der Waals surface area contributed by atoms with Crippen molar-refractivity contribution >= 4 is 21.7 Å². The molecule has 1 saturated carbocycles. The molecule has 0 spiro atoms. The van der Waals surface area contributed by atoms with Gasteiger partial charge in [0.05, 0.1) is 24.2 Å². The summed E-state index contributed by atoms with van der Waals surface area (Å²) in [5.74, 6) is 1.40. The first-order valence-electron chi connectivity index (χ1n) is 13.1. The van der Waals surface area contributed by atoms with Gasteiger partial charge in [0.25, 0.3) is 15.9 Å². The number of nitrogens with zero attached hydrogens (tertiary/aromatic N) is 4. The van der Waals surface area contributed by atoms with E-state index < -0.39 is 15.9 Å². The highest BCUT2D eigenvalue weighted by molar-refractivity contribution is 7.90. The zero-order chi connectivity index (χ0) is 28.0. The van der Waals surface area contributed by atoms with E-state index in [2.05, 4.69) is 42.4 Å². The second-order valence-electron chi connectivity index (χ2n) is 11.6. The van der Waals surface area contributed by atoms with Crippen LogP contribution in [0, 0.1) is 11.3 Å². The number of rotatable bonds is 9. The maximum Gasteiger partial charge on any atom is 0.268 e. The van der Waals surface area contributed by atoms with Gasteiger partial charge in [-0.2, -0.15) is 0 Å². The molecule has 0 bridgehead atoms. The SMILES string of the molecule is COc1cccc(S(=O)(=O)NC(=O)c2ccc(-n3ccc(OCC4(C)CC4)n3)nc2N2C[C@@H](C)CC2(C)C)c1. The predicted molar refractivity (Wildman–Crippen MR) is 147 cm³/mol. The lowest BCUT2D eigenvalue weighted by molar-refractivity contribution is 0.0981. The van der Waals surface area contributed by atoms with Gasteiger partial charge < -0.3 is 14.4 Å². The van der Waals surface area contributed by atoms with Crippen LogP contribution in [-0.4, -0.2) is 54.9 Å². The molecule has 39 heavy (non-hydrogen) atoms. The normalized spacial score (nSPS) is 19.5. The summed E-state index contributed by atoms with van der Waals surface area (Å²) in [7, 11) is -2.70. The summed E-state index contributed by atoms with van der Waals surface area (Å²) in [5, 5.41) is 4.53. The van der Waals surface area contributed by atoms with E-state index in [4.69, 9.17) is 14.5 Å². The first kappa shape index (κ1) is 27.0. The molecule has 2 aliphatic rings. The highest BCUT2D eigenvalue weighted by atomic mass is 32.2. The molecule has 2 fully saturated rings. The number of carbonyl (C=O) groups is 1. The Morgan fingerprint density at radius 1 is 1.15 bits per heavy atom. The van der Waals surface area contributed by atoms with Crippen LogP contribution in [0.1, 0.15) is 57.3 Å². The second kappa shape index (κ2) is 9.86. The third kappa shape index (κ3) is 5.73. The molecule has 3 aromatic rings. The van der Waals surface area contributed by atoms with Crippen molar-refractivity contribution in [3.8, 4) is 17.4 Å². The van der Waals surface area contributed by atoms with Crippen LogP contribution in [-0.2, 0) is 10.0 Å². The lowest BCUT2D eigenvalue weighted by atomic mass is 9.97. The molecule has 1 amide bonds. The van der Waals surface area contributed by atoms with Crippen LogP contribution in [0.5, 0.6) is 11.6 Å². The number of amides is 1. The van der Waals surface area contributed by atoms with Crippen molar-refractivity contribution in [3.05, 3.63) is 54.2 Å². The van der Waals surface area contributed by atoms with Gasteiger partial charge in [-0.3, -0.25) is 4.79 Å². The van der Waals surface area contributed by atoms with Crippen molar-refractivity contribution in [2.75, 3.05) is 25.2 Å². The average Bonchev–Trinajstić information content (AvgIpc) is 3.31. The largest absolute Gasteiger partial charge is 0.497 e. The summed E-state index contributed by atoms with van der Waals surface area (Å²) in [5.41, 5.74) is 0.106. The van der Waals surface area contributed by atoms with Gasteiger partial charge in [-0.25, -0.2) is 22.8 Å². The van der Waals surface area contributed by atoms with Crippen LogP contribution in [0.15, 0.2) is 53.6 Å². The molecule has 10 nitrogen and oxygen atoms in total. The fourth-order valence-corrected chi connectivity index (χ4v) is 6.03. The highest BCUT2D eigenvalue weighted by Gasteiger charge is 2.40. The van der Waals surface area contributed by atoms with Crippen molar-refractivity contribution in [2.24, 2.45) is 11.3 Å². The molecule has 0 radical (unpaired) electrons. The third-order valence-corrected chi connectivity index (χ3v) is 8.81. The molecule has 1 N–H and O–H groups in total. The lowest BCUT2D eigenvalue weighted by Crippen LogP contribution is -2.41. The molecule has 1 aromatic carbocycles. The number of sulfonamides is 1. The number of ether oxygens (including phenoxy) is 2. The fourth-order valence-electron chi connectivity index (χ4n) is 5.03. The second-order valence-corrected chi connectivity index (χ2v) is 13.3. The van der Waals surface area contributed by atoms with E-state index in [0.29, 0.717) is 42.3 Å². The predicted octanol–water partition coefficient (Wildman–Crippen LogP) is 4.20. The van der Waals surface area contributed by atoms with Crippen LogP contribution in [0.4, 0.5) is 5.82 Å². The van der Waals surface area contributed by atoms with Crippen molar-refractivity contribution in [1.29, 1.82) is 0 Å². The minimum atomic E-state index is -4.15. The minimum absolute atomic E-state index is 0.0689. The number of hydrogen-bond donors (Lipinski definition) is 1. The molecule has 1 aliphatic carbocycles. The standard InChI is InChI=1S/C28H35N5O5S/c1-19-16-27(2,3)32(17-19)25-22(26(34)31-39(35,36)21-8-6-7-20(15-21)37-5)9-10-23(29-25)33-14-11-24(30-33)38-18-28(4)12-13-28/h6-11,14-15,19H,12-13,16-18H2,1-5H3,(H,31,34)/t19-/m0/s1. The summed E-state index contributed by atoms with van der Waals surface area (Å²) in [4.78, 5) is 20.3. The third-order valence-electron chi connectivity index (χ3n) is 7.48. The van der Waals surface area contributed by atoms with Gasteiger partial charge in [-0.15, -0.1) is 5.10 Å². The van der Waals surface area contributed by atoms with Crippen LogP contribution < -0.4 is 19.1 Å². The topological polar surface area (TPSA) is 116 Å². The van der Waals surface area contributed by atoms with Crippen molar-refractivity contribution in [2.45, 2.75) is 57.4 Å². The van der Waals surface area contributed by atoms with Gasteiger partial charge in [0.1, 0.15) is 11.6 Å². The molecule has 1 saturated heterocycles. The number of benzene rings is 1. The van der Waals surface area contributed by atoms with Gasteiger partial charge >= 0.3 is 0 Å². The molecule has 0 unspecified atom stereocenters. The Labute approximate surface area is 229 Å². The van der Waals surface area contributed by atoms with E-state index >= 15 is 0 Å². The number of carbonyl (C=O) groups excluding carboxylic acids is 1. The number of methoxy groups -OCH3 is 1. The van der Waals surface area contributed by atoms with Gasteiger partial charge in [-0.1, -0.05) is 19.9 Å². The van der Waals surface area contributed by atoms with Gasteiger partial charge in [0.15, 0.2) is 5.82 Å². The monoisotopic (exact) mass is 553 g/mol. The molecule has 208 valence electrons. The first-order chi connectivity index (χ1) is 18.4. The Morgan fingerprint density at radius 2 is 1.92 bits per heavy atom. The van der Waals surface area contributed by atoms with Crippen LogP contribution in [0.2, 0.25) is 0 Å². The van der Waals surface area contributed by atoms with Crippen molar-refractivity contribution in [3.63, 3.8) is 0 Å². The maximum atomic E-state index is 13.5. The number of pyridine rings is 1. The number of anilines is 1. The maximum absolute atomic E-state index is 13.5.